The lowest BCUT2D eigenvalue weighted by Gasteiger charge is -2.18. The summed E-state index contributed by atoms with van der Waals surface area (Å²) in [6.45, 7) is 4.59. The Kier molecular flexibility index (Phi) is 7.27. The van der Waals surface area contributed by atoms with Crippen molar-refractivity contribution in [2.24, 2.45) is 0 Å². The van der Waals surface area contributed by atoms with Crippen LogP contribution in [-0.4, -0.2) is 28.1 Å². The van der Waals surface area contributed by atoms with Crippen LogP contribution in [0.2, 0.25) is 0 Å². The minimum Gasteiger partial charge on any atom is -0.507 e. The van der Waals surface area contributed by atoms with Crippen LogP contribution in [0.3, 0.4) is 0 Å². The predicted molar refractivity (Wildman–Crippen MR) is 131 cm³/mol. The third-order valence-corrected chi connectivity index (χ3v) is 6.77. The highest BCUT2D eigenvalue weighted by Gasteiger charge is 2.22. The predicted octanol–water partition coefficient (Wildman–Crippen LogP) is 5.78. The number of phenols is 1. The minimum atomic E-state index is -0.0947. The number of benzene rings is 2. The Hall–Kier alpha value is -2.12. The van der Waals surface area contributed by atoms with E-state index in [1.54, 1.807) is 6.07 Å². The molecule has 5 nitrogen and oxygen atoms in total. The number of thiazole rings is 1. The normalized spacial score (nSPS) is 14.0. The highest BCUT2D eigenvalue weighted by molar-refractivity contribution is 7.21. The van der Waals surface area contributed by atoms with Gasteiger partial charge in [0.05, 0.1) is 26.7 Å². The van der Waals surface area contributed by atoms with E-state index in [0.29, 0.717) is 40.1 Å². The molecule has 0 saturated carbocycles. The number of likely N-dealkylation sites (tertiary alicyclic amines) is 1. The molecule has 0 unspecified atom stereocenters. The van der Waals surface area contributed by atoms with Gasteiger partial charge in [0.15, 0.2) is 0 Å². The van der Waals surface area contributed by atoms with Gasteiger partial charge in [-0.25, -0.2) is 4.98 Å². The van der Waals surface area contributed by atoms with Gasteiger partial charge >= 0.3 is 0 Å². The summed E-state index contributed by atoms with van der Waals surface area (Å²) in [7, 11) is 0. The number of hydrogen-bond acceptors (Lipinski definition) is 6. The lowest BCUT2D eigenvalue weighted by atomic mass is 10.0. The first-order chi connectivity index (χ1) is 14.2. The zero-order chi connectivity index (χ0) is 20.0. The second kappa shape index (κ2) is 9.57. The maximum Gasteiger partial charge on any atom is 0.202 e. The standard InChI is InChI=1S/C23H22N2O3S.2ClH/c1-2-14-11-15-21(27)17(23-24-18-7-3-4-8-19(18)29-23)13-28-22(15)16(20(14)26)12-25-9-5-6-10-25;;/h3-4,7-8,11,13,26H,2,5-6,9-10,12H2,1H3;2*1H. The molecule has 0 bridgehead atoms. The molecule has 1 aliphatic heterocycles. The number of fused-ring (bicyclic) bond motifs is 2. The lowest BCUT2D eigenvalue weighted by molar-refractivity contribution is 0.323. The first-order valence-corrected chi connectivity index (χ1v) is 10.8. The second-order valence-corrected chi connectivity index (χ2v) is 8.57. The van der Waals surface area contributed by atoms with Crippen molar-refractivity contribution in [2.45, 2.75) is 32.7 Å². The monoisotopic (exact) mass is 478 g/mol. The van der Waals surface area contributed by atoms with E-state index in [-0.39, 0.29) is 36.0 Å². The van der Waals surface area contributed by atoms with E-state index in [4.69, 9.17) is 4.42 Å². The molecule has 2 aromatic heterocycles. The van der Waals surface area contributed by atoms with Crippen LogP contribution in [0.1, 0.15) is 30.9 Å². The number of hydrogen-bond donors (Lipinski definition) is 1. The third-order valence-electron chi connectivity index (χ3n) is 5.70. The summed E-state index contributed by atoms with van der Waals surface area (Å²) in [4.78, 5) is 20.3. The number of aryl methyl sites for hydroxylation is 1. The molecule has 5 rings (SSSR count). The van der Waals surface area contributed by atoms with Gasteiger partial charge < -0.3 is 9.52 Å². The summed E-state index contributed by atoms with van der Waals surface area (Å²) in [6, 6.07) is 9.63. The smallest absolute Gasteiger partial charge is 0.202 e. The van der Waals surface area contributed by atoms with Gasteiger partial charge in [0.2, 0.25) is 5.43 Å². The molecular weight excluding hydrogens is 455 g/mol. The van der Waals surface area contributed by atoms with Gasteiger partial charge in [-0.3, -0.25) is 9.69 Å². The van der Waals surface area contributed by atoms with Crippen molar-refractivity contribution >= 4 is 57.3 Å². The molecule has 0 amide bonds. The fourth-order valence-corrected chi connectivity index (χ4v) is 5.08. The molecule has 1 saturated heterocycles. The van der Waals surface area contributed by atoms with Crippen molar-refractivity contribution in [3.8, 4) is 16.3 Å². The highest BCUT2D eigenvalue weighted by atomic mass is 35.5. The summed E-state index contributed by atoms with van der Waals surface area (Å²) in [5.41, 5.74) is 3.24. The van der Waals surface area contributed by atoms with E-state index >= 15 is 0 Å². The van der Waals surface area contributed by atoms with Crippen molar-refractivity contribution in [3.63, 3.8) is 0 Å². The number of para-hydroxylation sites is 1. The molecule has 4 aromatic rings. The van der Waals surface area contributed by atoms with Crippen LogP contribution >= 0.6 is 36.2 Å². The second-order valence-electron chi connectivity index (χ2n) is 7.54. The quantitative estimate of drug-likeness (QED) is 0.402. The Labute approximate surface area is 196 Å². The molecular formula is C23H24Cl2N2O3S. The average molecular weight is 479 g/mol. The van der Waals surface area contributed by atoms with Crippen molar-refractivity contribution in [2.75, 3.05) is 13.1 Å². The van der Waals surface area contributed by atoms with Gasteiger partial charge in [0, 0.05) is 6.54 Å². The van der Waals surface area contributed by atoms with Gasteiger partial charge in [0.1, 0.15) is 22.6 Å². The summed E-state index contributed by atoms with van der Waals surface area (Å²) in [6.07, 6.45) is 4.48. The summed E-state index contributed by atoms with van der Waals surface area (Å²) in [5.74, 6) is 0.253. The van der Waals surface area contributed by atoms with E-state index in [9.17, 15) is 9.90 Å². The zero-order valence-electron chi connectivity index (χ0n) is 17.1. The average Bonchev–Trinajstić information content (AvgIpc) is 3.39. The molecule has 164 valence electrons. The summed E-state index contributed by atoms with van der Waals surface area (Å²) >= 11 is 1.49. The largest absolute Gasteiger partial charge is 0.507 e. The Morgan fingerprint density at radius 3 is 2.65 bits per heavy atom. The summed E-state index contributed by atoms with van der Waals surface area (Å²) in [5, 5.41) is 12.0. The van der Waals surface area contributed by atoms with E-state index in [1.807, 2.05) is 31.2 Å². The van der Waals surface area contributed by atoms with Crippen molar-refractivity contribution < 1.29 is 9.52 Å². The number of aromatic hydroxyl groups is 1. The molecule has 0 aliphatic carbocycles. The fraction of sp³-hybridized carbons (Fsp3) is 0.304. The maximum absolute atomic E-state index is 13.4. The first-order valence-electron chi connectivity index (χ1n) is 10.0. The van der Waals surface area contributed by atoms with Crippen LogP contribution < -0.4 is 5.43 Å². The molecule has 1 N–H and O–H groups in total. The molecule has 1 fully saturated rings. The molecule has 0 atom stereocenters. The van der Waals surface area contributed by atoms with Crippen molar-refractivity contribution in [1.29, 1.82) is 0 Å². The molecule has 8 heteroatoms. The Morgan fingerprint density at radius 2 is 1.94 bits per heavy atom. The number of nitrogens with zero attached hydrogens (tertiary/aromatic N) is 2. The maximum atomic E-state index is 13.4. The fourth-order valence-electron chi connectivity index (χ4n) is 4.11. The van der Waals surface area contributed by atoms with Gasteiger partial charge in [-0.05, 0) is 56.1 Å². The van der Waals surface area contributed by atoms with Crippen LogP contribution in [0.5, 0.6) is 5.75 Å². The van der Waals surface area contributed by atoms with Crippen molar-refractivity contribution in [1.82, 2.24) is 9.88 Å². The number of phenolic OH excluding ortho intramolecular Hbond substituents is 1. The van der Waals surface area contributed by atoms with Gasteiger partial charge in [-0.1, -0.05) is 19.1 Å². The van der Waals surface area contributed by atoms with Crippen LogP contribution in [0, 0.1) is 0 Å². The van der Waals surface area contributed by atoms with Crippen molar-refractivity contribution in [3.05, 3.63) is 57.9 Å². The number of rotatable bonds is 4. The highest BCUT2D eigenvalue weighted by Crippen LogP contribution is 2.35. The van der Waals surface area contributed by atoms with E-state index < -0.39 is 0 Å². The SMILES string of the molecule is CCc1cc2c(=O)c(-c3nc4ccccc4s3)coc2c(CN2CCCC2)c1O.Cl.Cl. The van der Waals surface area contributed by atoms with Crippen LogP contribution in [-0.2, 0) is 13.0 Å². The van der Waals surface area contributed by atoms with Gasteiger partial charge in [-0.2, -0.15) is 0 Å². The molecule has 3 heterocycles. The molecule has 31 heavy (non-hydrogen) atoms. The van der Waals surface area contributed by atoms with E-state index in [1.165, 1.54) is 17.6 Å². The Morgan fingerprint density at radius 1 is 1.19 bits per heavy atom. The number of halogens is 2. The van der Waals surface area contributed by atoms with Crippen LogP contribution in [0.15, 0.2) is 45.8 Å². The van der Waals surface area contributed by atoms with Crippen LogP contribution in [0.4, 0.5) is 0 Å². The number of aromatic nitrogens is 1. The van der Waals surface area contributed by atoms with E-state index in [0.717, 1.165) is 41.7 Å². The molecule has 1 aliphatic rings. The molecule has 0 spiro atoms. The lowest BCUT2D eigenvalue weighted by Crippen LogP contribution is -2.19. The van der Waals surface area contributed by atoms with Gasteiger partial charge in [-0.15, -0.1) is 36.2 Å². The molecule has 0 radical (unpaired) electrons. The summed E-state index contributed by atoms with van der Waals surface area (Å²) < 4.78 is 7.01. The first kappa shape index (κ1) is 23.5. The Bertz CT molecular complexity index is 1250. The third kappa shape index (κ3) is 4.17. The minimum absolute atomic E-state index is 0. The van der Waals surface area contributed by atoms with Gasteiger partial charge in [0.25, 0.3) is 0 Å². The van der Waals surface area contributed by atoms with E-state index in [2.05, 4.69) is 9.88 Å². The van der Waals surface area contributed by atoms with Crippen LogP contribution in [0.25, 0.3) is 31.8 Å². The molecule has 2 aromatic carbocycles. The topological polar surface area (TPSA) is 66.6 Å². The zero-order valence-corrected chi connectivity index (χ0v) is 19.5. The Balaban J connectivity index is 0.00000136.